The Morgan fingerprint density at radius 3 is 2.56 bits per heavy atom. The molecule has 2 aliphatic rings. The highest BCUT2D eigenvalue weighted by Gasteiger charge is 2.31. The highest BCUT2D eigenvalue weighted by molar-refractivity contribution is 5.87. The molecule has 0 aromatic carbocycles. The Morgan fingerprint density at radius 2 is 1.89 bits per heavy atom. The summed E-state index contributed by atoms with van der Waals surface area (Å²) >= 11 is 0. The Balaban J connectivity index is 1.91. The smallest absolute Gasteiger partial charge is 0.240 e. The van der Waals surface area contributed by atoms with Crippen LogP contribution >= 0.6 is 0 Å². The maximum atomic E-state index is 12.2. The van der Waals surface area contributed by atoms with E-state index in [0.29, 0.717) is 19.5 Å². The minimum Gasteiger partial charge on any atom is -0.368 e. The van der Waals surface area contributed by atoms with Crippen LogP contribution in [0.5, 0.6) is 0 Å². The van der Waals surface area contributed by atoms with Crippen LogP contribution in [0.3, 0.4) is 0 Å². The van der Waals surface area contributed by atoms with Gasteiger partial charge in [-0.05, 0) is 19.3 Å². The van der Waals surface area contributed by atoms with Crippen LogP contribution in [-0.2, 0) is 9.59 Å². The molecule has 1 unspecified atom stereocenters. The van der Waals surface area contributed by atoms with Gasteiger partial charge in [0.1, 0.15) is 6.04 Å². The number of piperidine rings is 1. The number of nitrogens with two attached hydrogens (primary N) is 1. The van der Waals surface area contributed by atoms with E-state index < -0.39 is 6.04 Å². The molecule has 2 heterocycles. The maximum absolute atomic E-state index is 12.2. The van der Waals surface area contributed by atoms with Crippen LogP contribution in [-0.4, -0.2) is 66.9 Å². The first kappa shape index (κ1) is 13.3. The molecule has 0 saturated carbocycles. The van der Waals surface area contributed by atoms with E-state index in [1.807, 2.05) is 0 Å². The fourth-order valence-corrected chi connectivity index (χ4v) is 2.68. The maximum Gasteiger partial charge on any atom is 0.240 e. The number of rotatable bonds is 3. The molecule has 3 N–H and O–H groups in total. The van der Waals surface area contributed by atoms with Gasteiger partial charge in [0.15, 0.2) is 0 Å². The lowest BCUT2D eigenvalue weighted by Crippen LogP contribution is -2.54. The molecular weight excluding hydrogens is 232 g/mol. The molecule has 0 spiro atoms. The topological polar surface area (TPSA) is 78.7 Å². The monoisotopic (exact) mass is 254 g/mol. The standard InChI is InChI=1S/C12H22N4O2/c13-12(18)10-3-1-2-6-16(10)11(17)9-15-7-4-14-5-8-15/h10,14H,1-9H2,(H2,13,18). The van der Waals surface area contributed by atoms with Crippen molar-refractivity contribution in [3.05, 3.63) is 0 Å². The quantitative estimate of drug-likeness (QED) is 0.660. The number of likely N-dealkylation sites (tertiary alicyclic amines) is 1. The van der Waals surface area contributed by atoms with E-state index in [2.05, 4.69) is 10.2 Å². The van der Waals surface area contributed by atoms with Crippen molar-refractivity contribution in [1.82, 2.24) is 15.1 Å². The fourth-order valence-electron chi connectivity index (χ4n) is 2.68. The summed E-state index contributed by atoms with van der Waals surface area (Å²) in [4.78, 5) is 27.4. The molecule has 6 heteroatoms. The highest BCUT2D eigenvalue weighted by atomic mass is 16.2. The summed E-state index contributed by atoms with van der Waals surface area (Å²) < 4.78 is 0. The average Bonchev–Trinajstić information content (AvgIpc) is 2.40. The third kappa shape index (κ3) is 3.20. The molecule has 102 valence electrons. The third-order valence-electron chi connectivity index (χ3n) is 3.72. The minimum absolute atomic E-state index is 0.0420. The van der Waals surface area contributed by atoms with Crippen LogP contribution < -0.4 is 11.1 Å². The van der Waals surface area contributed by atoms with E-state index >= 15 is 0 Å². The fraction of sp³-hybridized carbons (Fsp3) is 0.833. The largest absolute Gasteiger partial charge is 0.368 e. The Kier molecular flexibility index (Phi) is 4.54. The van der Waals surface area contributed by atoms with Gasteiger partial charge in [0.2, 0.25) is 11.8 Å². The molecular formula is C12H22N4O2. The van der Waals surface area contributed by atoms with Gasteiger partial charge >= 0.3 is 0 Å². The zero-order chi connectivity index (χ0) is 13.0. The van der Waals surface area contributed by atoms with Crippen molar-refractivity contribution < 1.29 is 9.59 Å². The molecule has 2 saturated heterocycles. The predicted octanol–water partition coefficient (Wildman–Crippen LogP) is -1.24. The van der Waals surface area contributed by atoms with Crippen LogP contribution in [0.4, 0.5) is 0 Å². The Labute approximate surface area is 107 Å². The first-order valence-electron chi connectivity index (χ1n) is 6.70. The number of carbonyl (C=O) groups excluding carboxylic acids is 2. The number of carbonyl (C=O) groups is 2. The van der Waals surface area contributed by atoms with Crippen molar-refractivity contribution in [2.75, 3.05) is 39.3 Å². The van der Waals surface area contributed by atoms with Gasteiger partial charge < -0.3 is 16.0 Å². The zero-order valence-electron chi connectivity index (χ0n) is 10.7. The van der Waals surface area contributed by atoms with Gasteiger partial charge in [-0.25, -0.2) is 0 Å². The Bertz CT molecular complexity index is 315. The first-order chi connectivity index (χ1) is 8.68. The normalized spacial score (nSPS) is 26.0. The van der Waals surface area contributed by atoms with Crippen LogP contribution in [0.2, 0.25) is 0 Å². The van der Waals surface area contributed by atoms with Crippen molar-refractivity contribution in [3.8, 4) is 0 Å². The van der Waals surface area contributed by atoms with E-state index in [1.54, 1.807) is 4.90 Å². The number of hydrogen-bond acceptors (Lipinski definition) is 4. The number of hydrogen-bond donors (Lipinski definition) is 2. The lowest BCUT2D eigenvalue weighted by Gasteiger charge is -2.36. The summed E-state index contributed by atoms with van der Waals surface area (Å²) in [6, 6.07) is -0.394. The summed E-state index contributed by atoms with van der Waals surface area (Å²) in [6.45, 7) is 4.70. The SMILES string of the molecule is NC(=O)C1CCCCN1C(=O)CN1CCNCC1. The molecule has 0 aromatic heterocycles. The average molecular weight is 254 g/mol. The van der Waals surface area contributed by atoms with Gasteiger partial charge in [0, 0.05) is 32.7 Å². The number of nitrogens with one attached hydrogen (secondary N) is 1. The summed E-state index contributed by atoms with van der Waals surface area (Å²) in [5.41, 5.74) is 5.37. The first-order valence-corrected chi connectivity index (χ1v) is 6.70. The molecule has 6 nitrogen and oxygen atoms in total. The van der Waals surface area contributed by atoms with E-state index in [1.165, 1.54) is 0 Å². The molecule has 2 rings (SSSR count). The van der Waals surface area contributed by atoms with Gasteiger partial charge in [0.25, 0.3) is 0 Å². The summed E-state index contributed by atoms with van der Waals surface area (Å²) in [7, 11) is 0. The second-order valence-corrected chi connectivity index (χ2v) is 5.03. The molecule has 0 aromatic rings. The van der Waals surface area contributed by atoms with Crippen molar-refractivity contribution >= 4 is 11.8 Å². The number of piperazine rings is 1. The molecule has 0 bridgehead atoms. The lowest BCUT2D eigenvalue weighted by molar-refractivity contribution is -0.142. The highest BCUT2D eigenvalue weighted by Crippen LogP contribution is 2.17. The minimum atomic E-state index is -0.394. The van der Waals surface area contributed by atoms with E-state index in [-0.39, 0.29) is 11.8 Å². The molecule has 18 heavy (non-hydrogen) atoms. The Morgan fingerprint density at radius 1 is 1.17 bits per heavy atom. The second kappa shape index (κ2) is 6.15. The van der Waals surface area contributed by atoms with Gasteiger partial charge in [-0.1, -0.05) is 0 Å². The van der Waals surface area contributed by atoms with Crippen molar-refractivity contribution in [1.29, 1.82) is 0 Å². The van der Waals surface area contributed by atoms with E-state index in [9.17, 15) is 9.59 Å². The summed E-state index contributed by atoms with van der Waals surface area (Å²) in [6.07, 6.45) is 2.66. The Hall–Kier alpha value is -1.14. The molecule has 1 atom stereocenters. The third-order valence-corrected chi connectivity index (χ3v) is 3.72. The van der Waals surface area contributed by atoms with Gasteiger partial charge in [-0.3, -0.25) is 14.5 Å². The van der Waals surface area contributed by atoms with Crippen molar-refractivity contribution in [2.24, 2.45) is 5.73 Å². The van der Waals surface area contributed by atoms with Crippen LogP contribution in [0.15, 0.2) is 0 Å². The predicted molar refractivity (Wildman–Crippen MR) is 67.9 cm³/mol. The van der Waals surface area contributed by atoms with Crippen LogP contribution in [0.25, 0.3) is 0 Å². The zero-order valence-corrected chi connectivity index (χ0v) is 10.7. The molecule has 2 fully saturated rings. The molecule has 0 radical (unpaired) electrons. The van der Waals surface area contributed by atoms with Gasteiger partial charge in [0.05, 0.1) is 6.54 Å². The van der Waals surface area contributed by atoms with E-state index in [4.69, 9.17) is 5.73 Å². The van der Waals surface area contributed by atoms with Gasteiger partial charge in [-0.15, -0.1) is 0 Å². The summed E-state index contributed by atoms with van der Waals surface area (Å²) in [5, 5.41) is 3.25. The van der Waals surface area contributed by atoms with Crippen molar-refractivity contribution in [3.63, 3.8) is 0 Å². The molecule has 2 amide bonds. The van der Waals surface area contributed by atoms with Crippen LogP contribution in [0.1, 0.15) is 19.3 Å². The number of nitrogens with zero attached hydrogens (tertiary/aromatic N) is 2. The molecule has 2 aliphatic heterocycles. The van der Waals surface area contributed by atoms with Gasteiger partial charge in [-0.2, -0.15) is 0 Å². The van der Waals surface area contributed by atoms with Crippen LogP contribution in [0, 0.1) is 0 Å². The number of amides is 2. The van der Waals surface area contributed by atoms with Crippen molar-refractivity contribution in [2.45, 2.75) is 25.3 Å². The summed E-state index contributed by atoms with van der Waals surface area (Å²) in [5.74, 6) is -0.330. The lowest BCUT2D eigenvalue weighted by atomic mass is 10.0. The number of primary amides is 1. The second-order valence-electron chi connectivity index (χ2n) is 5.03. The molecule has 0 aliphatic carbocycles. The van der Waals surface area contributed by atoms with E-state index in [0.717, 1.165) is 39.0 Å².